The van der Waals surface area contributed by atoms with Crippen LogP contribution in [0.2, 0.25) is 0 Å². The highest BCUT2D eigenvalue weighted by molar-refractivity contribution is 5.83. The van der Waals surface area contributed by atoms with Gasteiger partial charge >= 0.3 is 5.97 Å². The zero-order chi connectivity index (χ0) is 12.7. The van der Waals surface area contributed by atoms with Crippen LogP contribution >= 0.6 is 0 Å². The van der Waals surface area contributed by atoms with Crippen LogP contribution in [0.5, 0.6) is 0 Å². The van der Waals surface area contributed by atoms with Crippen molar-refractivity contribution in [3.8, 4) is 0 Å². The summed E-state index contributed by atoms with van der Waals surface area (Å²) in [6.07, 6.45) is 4.39. The highest BCUT2D eigenvalue weighted by Crippen LogP contribution is 1.92. The van der Waals surface area contributed by atoms with Crippen molar-refractivity contribution in [2.24, 2.45) is 0 Å². The molecular weight excluding hydrogens is 220 g/mol. The van der Waals surface area contributed by atoms with Gasteiger partial charge in [-0.15, -0.1) is 0 Å². The number of aromatic nitrogens is 1. The van der Waals surface area contributed by atoms with Crippen molar-refractivity contribution in [3.63, 3.8) is 0 Å². The van der Waals surface area contributed by atoms with Gasteiger partial charge in [0.25, 0.3) is 0 Å². The number of carboxylic acid groups (broad SMARTS) is 1. The third kappa shape index (κ3) is 4.63. The quantitative estimate of drug-likeness (QED) is 0.701. The highest BCUT2D eigenvalue weighted by Gasteiger charge is 2.17. The molecule has 5 nitrogen and oxygen atoms in total. The lowest BCUT2D eigenvalue weighted by atomic mass is 10.2. The average Bonchev–Trinajstić information content (AvgIpc) is 2.34. The normalized spacial score (nSPS) is 11.8. The van der Waals surface area contributed by atoms with E-state index in [1.54, 1.807) is 6.92 Å². The second-order valence-electron chi connectivity index (χ2n) is 3.73. The number of nitrogens with one attached hydrogen (secondary N) is 1. The Kier molecular flexibility index (Phi) is 5.13. The Morgan fingerprint density at radius 2 is 1.94 bits per heavy atom. The molecule has 1 unspecified atom stereocenters. The van der Waals surface area contributed by atoms with Gasteiger partial charge in [0.2, 0.25) is 5.91 Å². The van der Waals surface area contributed by atoms with Gasteiger partial charge in [-0.3, -0.25) is 4.79 Å². The maximum absolute atomic E-state index is 11.5. The monoisotopic (exact) mass is 237 g/mol. The minimum Gasteiger partial charge on any atom is -0.480 e. The average molecular weight is 237 g/mol. The number of nitrogens with zero attached hydrogens (tertiary/aromatic N) is 1. The molecule has 1 heterocycles. The second-order valence-corrected chi connectivity index (χ2v) is 3.73. The van der Waals surface area contributed by atoms with E-state index in [1.807, 2.05) is 35.2 Å². The van der Waals surface area contributed by atoms with Crippen LogP contribution in [0.25, 0.3) is 0 Å². The molecule has 0 radical (unpaired) electrons. The molecule has 0 fully saturated rings. The Bertz CT molecular complexity index is 379. The van der Waals surface area contributed by atoms with Crippen LogP contribution in [-0.2, 0) is 16.1 Å². The molecule has 0 saturated heterocycles. The minimum absolute atomic E-state index is 0.240. The third-order valence-corrected chi connectivity index (χ3v) is 2.42. The molecule has 5 heteroatoms. The predicted molar refractivity (Wildman–Crippen MR) is 61.1 cm³/mol. The smallest absolute Gasteiger partial charge is 0.326 e. The first kappa shape index (κ1) is 13.2. The first-order valence-corrected chi connectivity index (χ1v) is 5.59. The van der Waals surface area contributed by atoms with Crippen molar-refractivity contribution >= 4 is 11.9 Å². The number of pyridine rings is 1. The lowest BCUT2D eigenvalue weighted by Gasteiger charge is -2.11. The maximum Gasteiger partial charge on any atom is 0.326 e. The van der Waals surface area contributed by atoms with E-state index in [0.29, 0.717) is 13.0 Å². The predicted octanol–water partition coefficient (Wildman–Crippen LogP) is 0.344. The summed E-state index contributed by atoms with van der Waals surface area (Å²) in [6, 6.07) is 4.87. The van der Waals surface area contributed by atoms with Crippen molar-refractivity contribution in [2.45, 2.75) is 32.4 Å². The minimum atomic E-state index is -0.992. The van der Waals surface area contributed by atoms with Crippen molar-refractivity contribution in [1.82, 2.24) is 5.32 Å². The summed E-state index contributed by atoms with van der Waals surface area (Å²) in [6.45, 7) is 2.27. The largest absolute Gasteiger partial charge is 0.480 e. The van der Waals surface area contributed by atoms with Crippen molar-refractivity contribution in [3.05, 3.63) is 30.6 Å². The molecule has 1 amide bonds. The fraction of sp³-hybridized carbons (Fsp3) is 0.417. The van der Waals surface area contributed by atoms with Crippen LogP contribution < -0.4 is 9.88 Å². The van der Waals surface area contributed by atoms with Crippen molar-refractivity contribution < 1.29 is 19.3 Å². The van der Waals surface area contributed by atoms with E-state index in [1.165, 1.54) is 0 Å². The van der Waals surface area contributed by atoms with Gasteiger partial charge in [-0.1, -0.05) is 13.0 Å². The SMILES string of the molecule is CCC(NC(=O)CC[n+]1ccccc1)C(=O)O. The summed E-state index contributed by atoms with van der Waals surface area (Å²) < 4.78 is 1.88. The Hall–Kier alpha value is -1.91. The lowest BCUT2D eigenvalue weighted by molar-refractivity contribution is -0.695. The van der Waals surface area contributed by atoms with Crippen molar-refractivity contribution in [1.29, 1.82) is 0 Å². The molecule has 1 aromatic heterocycles. The number of hydrogen-bond acceptors (Lipinski definition) is 2. The van der Waals surface area contributed by atoms with Crippen molar-refractivity contribution in [2.75, 3.05) is 0 Å². The number of rotatable bonds is 6. The zero-order valence-electron chi connectivity index (χ0n) is 9.80. The van der Waals surface area contributed by atoms with E-state index in [0.717, 1.165) is 0 Å². The molecule has 0 bridgehead atoms. The molecule has 2 N–H and O–H groups in total. The Balaban J connectivity index is 2.37. The van der Waals surface area contributed by atoms with Crippen LogP contribution in [0.4, 0.5) is 0 Å². The summed E-state index contributed by atoms with van der Waals surface area (Å²) in [7, 11) is 0. The van der Waals surface area contributed by atoms with Gasteiger partial charge in [0.05, 0.1) is 6.42 Å². The topological polar surface area (TPSA) is 70.3 Å². The molecule has 0 spiro atoms. The van der Waals surface area contributed by atoms with E-state index in [4.69, 9.17) is 5.11 Å². The van der Waals surface area contributed by atoms with Crippen LogP contribution in [0, 0.1) is 0 Å². The molecule has 0 saturated carbocycles. The molecule has 0 aliphatic carbocycles. The Morgan fingerprint density at radius 3 is 2.47 bits per heavy atom. The van der Waals surface area contributed by atoms with Gasteiger partial charge in [-0.25, -0.2) is 9.36 Å². The van der Waals surface area contributed by atoms with E-state index in [9.17, 15) is 9.59 Å². The molecular formula is C12H17N2O3+. The standard InChI is InChI=1S/C12H16N2O3/c1-2-10(12(16)17)13-11(15)6-9-14-7-4-3-5-8-14/h3-5,7-8,10H,2,6,9H2,1H3,(H-,13,15,16,17)/p+1. The second kappa shape index (κ2) is 6.62. The van der Waals surface area contributed by atoms with Gasteiger partial charge in [0.1, 0.15) is 6.04 Å². The Morgan fingerprint density at radius 1 is 1.29 bits per heavy atom. The number of aliphatic carboxylic acids is 1. The maximum atomic E-state index is 11.5. The van der Waals surface area contributed by atoms with Crippen LogP contribution in [0.15, 0.2) is 30.6 Å². The number of hydrogen-bond donors (Lipinski definition) is 2. The fourth-order valence-corrected chi connectivity index (χ4v) is 1.42. The molecule has 1 aromatic rings. The summed E-state index contributed by atoms with van der Waals surface area (Å²) >= 11 is 0. The van der Waals surface area contributed by atoms with E-state index in [2.05, 4.69) is 5.32 Å². The fourth-order valence-electron chi connectivity index (χ4n) is 1.42. The molecule has 0 aliphatic rings. The molecule has 0 aromatic carbocycles. The van der Waals surface area contributed by atoms with Gasteiger partial charge in [0.15, 0.2) is 18.9 Å². The number of carboxylic acids is 1. The number of carbonyl (C=O) groups is 2. The molecule has 1 rings (SSSR count). The summed E-state index contributed by atoms with van der Waals surface area (Å²) in [5.74, 6) is -1.23. The molecule has 1 atom stereocenters. The van der Waals surface area contributed by atoms with Crippen LogP contribution in [0.3, 0.4) is 0 Å². The van der Waals surface area contributed by atoms with Gasteiger partial charge in [-0.2, -0.15) is 0 Å². The first-order valence-electron chi connectivity index (χ1n) is 5.59. The van der Waals surface area contributed by atoms with E-state index < -0.39 is 12.0 Å². The highest BCUT2D eigenvalue weighted by atomic mass is 16.4. The Labute approximate surface area is 100 Å². The number of amides is 1. The summed E-state index contributed by atoms with van der Waals surface area (Å²) in [5, 5.41) is 11.3. The number of carbonyl (C=O) groups excluding carboxylic acids is 1. The lowest BCUT2D eigenvalue weighted by Crippen LogP contribution is -2.42. The molecule has 92 valence electrons. The van der Waals surface area contributed by atoms with Crippen LogP contribution in [-0.4, -0.2) is 23.0 Å². The number of aryl methyl sites for hydroxylation is 1. The summed E-state index contributed by atoms with van der Waals surface area (Å²) in [5.41, 5.74) is 0. The van der Waals surface area contributed by atoms with E-state index >= 15 is 0 Å². The van der Waals surface area contributed by atoms with Gasteiger partial charge < -0.3 is 10.4 Å². The summed E-state index contributed by atoms with van der Waals surface area (Å²) in [4.78, 5) is 22.2. The van der Waals surface area contributed by atoms with Crippen LogP contribution in [0.1, 0.15) is 19.8 Å². The van der Waals surface area contributed by atoms with Gasteiger partial charge in [0, 0.05) is 12.1 Å². The van der Waals surface area contributed by atoms with E-state index in [-0.39, 0.29) is 12.3 Å². The molecule has 17 heavy (non-hydrogen) atoms. The zero-order valence-corrected chi connectivity index (χ0v) is 9.80. The third-order valence-electron chi connectivity index (χ3n) is 2.42. The first-order chi connectivity index (χ1) is 8.13. The van der Waals surface area contributed by atoms with Gasteiger partial charge in [-0.05, 0) is 6.42 Å². The molecule has 0 aliphatic heterocycles.